The molecule has 1 aliphatic carbocycles. The first-order chi connectivity index (χ1) is 25.5. The number of benzene rings is 8. The highest BCUT2D eigenvalue weighted by atomic mass is 32.1. The maximum atomic E-state index is 6.64. The Morgan fingerprint density at radius 2 is 1.17 bits per heavy atom. The van der Waals surface area contributed by atoms with Crippen LogP contribution in [-0.4, -0.2) is 0 Å². The molecule has 0 aliphatic heterocycles. The SMILES string of the molecule is CC1(C)c2ccccc2-c2ccc(N(c3ccc(-c4ccccc4)cc3)c3ccc4sc5ccc6oc7c8ccccc8ccc7c6c5c4c3)cc21. The first-order valence-corrected chi connectivity index (χ1v) is 18.7. The summed E-state index contributed by atoms with van der Waals surface area (Å²) in [5.74, 6) is 0. The van der Waals surface area contributed by atoms with Crippen LogP contribution in [0.4, 0.5) is 17.1 Å². The van der Waals surface area contributed by atoms with Gasteiger partial charge in [0.1, 0.15) is 11.2 Å². The summed E-state index contributed by atoms with van der Waals surface area (Å²) in [6.07, 6.45) is 0. The molecule has 0 atom stereocenters. The predicted octanol–water partition coefficient (Wildman–Crippen LogP) is 14.6. The quantitative estimate of drug-likeness (QED) is 0.184. The van der Waals surface area contributed by atoms with Crippen LogP contribution in [0.5, 0.6) is 0 Å². The standard InChI is InChI=1S/C49H33NOS/c1-49(2)41-15-9-8-14-37(41)38-24-21-35(29-42(38)49)50(33-19-16-31(17-20-33)30-10-4-3-5-11-30)34-22-26-44-40(28-34)47-45(52-44)27-25-43-46(47)39-23-18-32-12-6-7-13-36(32)48(39)51-43/h3-29H,1-2H3. The predicted molar refractivity (Wildman–Crippen MR) is 222 cm³/mol. The molecule has 10 aromatic rings. The van der Waals surface area contributed by atoms with Gasteiger partial charge in [0, 0.05) is 58.8 Å². The fraction of sp³-hybridized carbons (Fsp3) is 0.0612. The van der Waals surface area contributed by atoms with Crippen LogP contribution in [-0.2, 0) is 5.41 Å². The largest absolute Gasteiger partial charge is 0.455 e. The number of nitrogens with zero attached hydrogens (tertiary/aromatic N) is 1. The molecule has 0 N–H and O–H groups in total. The highest BCUT2D eigenvalue weighted by Crippen LogP contribution is 2.51. The Labute approximate surface area is 305 Å². The summed E-state index contributed by atoms with van der Waals surface area (Å²) < 4.78 is 9.18. The first-order valence-electron chi connectivity index (χ1n) is 17.9. The molecular weight excluding hydrogens is 651 g/mol. The molecule has 0 radical (unpaired) electrons. The number of hydrogen-bond acceptors (Lipinski definition) is 3. The van der Waals surface area contributed by atoms with Crippen LogP contribution in [0.1, 0.15) is 25.0 Å². The van der Waals surface area contributed by atoms with E-state index in [0.29, 0.717) is 0 Å². The molecular formula is C49H33NOS. The van der Waals surface area contributed by atoms with Crippen LogP contribution < -0.4 is 4.90 Å². The molecule has 11 rings (SSSR count). The number of anilines is 3. The van der Waals surface area contributed by atoms with E-state index in [1.54, 1.807) is 0 Å². The minimum Gasteiger partial charge on any atom is -0.455 e. The van der Waals surface area contributed by atoms with Crippen LogP contribution in [0.2, 0.25) is 0 Å². The minimum atomic E-state index is -0.101. The van der Waals surface area contributed by atoms with Crippen LogP contribution in [0.3, 0.4) is 0 Å². The van der Waals surface area contributed by atoms with Crippen LogP contribution in [0, 0.1) is 0 Å². The monoisotopic (exact) mass is 683 g/mol. The maximum Gasteiger partial charge on any atom is 0.143 e. The second-order valence-electron chi connectivity index (χ2n) is 14.5. The van der Waals surface area contributed by atoms with Crippen LogP contribution in [0.15, 0.2) is 168 Å². The molecule has 0 saturated carbocycles. The molecule has 0 amide bonds. The van der Waals surface area contributed by atoms with Crippen LogP contribution in [0.25, 0.3) is 75.1 Å². The summed E-state index contributed by atoms with van der Waals surface area (Å²) in [5, 5.41) is 7.21. The average molecular weight is 684 g/mol. The van der Waals surface area contributed by atoms with E-state index in [4.69, 9.17) is 4.42 Å². The van der Waals surface area contributed by atoms with Gasteiger partial charge >= 0.3 is 0 Å². The van der Waals surface area contributed by atoms with Gasteiger partial charge in [-0.2, -0.15) is 0 Å². The lowest BCUT2D eigenvalue weighted by Crippen LogP contribution is -2.16. The second-order valence-corrected chi connectivity index (χ2v) is 15.6. The lowest BCUT2D eigenvalue weighted by Gasteiger charge is -2.28. The summed E-state index contributed by atoms with van der Waals surface area (Å²) in [6.45, 7) is 4.71. The zero-order valence-electron chi connectivity index (χ0n) is 28.9. The van der Waals surface area contributed by atoms with Crippen LogP contribution >= 0.6 is 11.3 Å². The number of furan rings is 1. The smallest absolute Gasteiger partial charge is 0.143 e. The summed E-state index contributed by atoms with van der Waals surface area (Å²) in [4.78, 5) is 2.43. The Hall–Kier alpha value is -6.16. The van der Waals surface area contributed by atoms with E-state index in [-0.39, 0.29) is 5.41 Å². The van der Waals surface area contributed by atoms with Gasteiger partial charge in [-0.05, 0) is 99.4 Å². The van der Waals surface area contributed by atoms with Gasteiger partial charge in [-0.3, -0.25) is 0 Å². The normalized spacial score (nSPS) is 13.3. The van der Waals surface area contributed by atoms with Crippen molar-refractivity contribution in [3.05, 3.63) is 175 Å². The fourth-order valence-corrected chi connectivity index (χ4v) is 9.80. The van der Waals surface area contributed by atoms with Crippen molar-refractivity contribution in [2.24, 2.45) is 0 Å². The lowest BCUT2D eigenvalue weighted by molar-refractivity contribution is 0.660. The minimum absolute atomic E-state index is 0.101. The first kappa shape index (κ1) is 29.6. The van der Waals surface area contributed by atoms with Crippen molar-refractivity contribution in [1.29, 1.82) is 0 Å². The Morgan fingerprint density at radius 3 is 2.06 bits per heavy atom. The van der Waals surface area contributed by atoms with E-state index in [1.165, 1.54) is 64.3 Å². The van der Waals surface area contributed by atoms with Gasteiger partial charge in [0.05, 0.1) is 0 Å². The number of thiophene rings is 1. The van der Waals surface area contributed by atoms with E-state index in [2.05, 4.69) is 183 Å². The number of rotatable bonds is 4. The van der Waals surface area contributed by atoms with Crippen molar-refractivity contribution in [3.63, 3.8) is 0 Å². The Morgan fingerprint density at radius 1 is 0.481 bits per heavy atom. The van der Waals surface area contributed by atoms with Crippen molar-refractivity contribution in [2.45, 2.75) is 19.3 Å². The third kappa shape index (κ3) is 4.23. The Bertz CT molecular complexity index is 3040. The van der Waals surface area contributed by atoms with Gasteiger partial charge in [0.15, 0.2) is 0 Å². The highest BCUT2D eigenvalue weighted by molar-refractivity contribution is 7.26. The molecule has 246 valence electrons. The lowest BCUT2D eigenvalue weighted by atomic mass is 9.82. The van der Waals surface area contributed by atoms with E-state index in [1.807, 2.05) is 11.3 Å². The van der Waals surface area contributed by atoms with E-state index in [9.17, 15) is 0 Å². The average Bonchev–Trinajstić information content (AvgIpc) is 3.83. The summed E-state index contributed by atoms with van der Waals surface area (Å²) in [5.41, 5.74) is 13.0. The van der Waals surface area contributed by atoms with Gasteiger partial charge in [-0.15, -0.1) is 11.3 Å². The molecule has 2 aromatic heterocycles. The van der Waals surface area contributed by atoms with Gasteiger partial charge in [0.2, 0.25) is 0 Å². The molecule has 1 aliphatic rings. The summed E-state index contributed by atoms with van der Waals surface area (Å²) >= 11 is 1.85. The molecule has 0 saturated heterocycles. The van der Waals surface area contributed by atoms with Crippen molar-refractivity contribution < 1.29 is 4.42 Å². The van der Waals surface area contributed by atoms with E-state index >= 15 is 0 Å². The van der Waals surface area contributed by atoms with Gasteiger partial charge in [-0.1, -0.05) is 117 Å². The van der Waals surface area contributed by atoms with Crippen molar-refractivity contribution in [2.75, 3.05) is 4.90 Å². The molecule has 0 fully saturated rings. The maximum absolute atomic E-state index is 6.64. The second kappa shape index (κ2) is 10.9. The van der Waals surface area contributed by atoms with Crippen molar-refractivity contribution >= 4 is 81.3 Å². The molecule has 52 heavy (non-hydrogen) atoms. The summed E-state index contributed by atoms with van der Waals surface area (Å²) in [6, 6.07) is 59.9. The molecule has 2 heterocycles. The molecule has 0 unspecified atom stereocenters. The molecule has 2 nitrogen and oxygen atoms in total. The third-order valence-corrected chi connectivity index (χ3v) is 12.4. The van der Waals surface area contributed by atoms with E-state index in [0.717, 1.165) is 39.0 Å². The molecule has 3 heteroatoms. The molecule has 8 aromatic carbocycles. The molecule has 0 bridgehead atoms. The fourth-order valence-electron chi connectivity index (χ4n) is 8.70. The van der Waals surface area contributed by atoms with Gasteiger partial charge < -0.3 is 9.32 Å². The highest BCUT2D eigenvalue weighted by Gasteiger charge is 2.35. The Balaban J connectivity index is 1.14. The number of hydrogen-bond donors (Lipinski definition) is 0. The topological polar surface area (TPSA) is 16.4 Å². The van der Waals surface area contributed by atoms with Crippen molar-refractivity contribution in [1.82, 2.24) is 0 Å². The zero-order chi connectivity index (χ0) is 34.6. The number of fused-ring (bicyclic) bond motifs is 12. The van der Waals surface area contributed by atoms with Gasteiger partial charge in [-0.25, -0.2) is 0 Å². The van der Waals surface area contributed by atoms with E-state index < -0.39 is 0 Å². The van der Waals surface area contributed by atoms with Crippen molar-refractivity contribution in [3.8, 4) is 22.3 Å². The van der Waals surface area contributed by atoms with Gasteiger partial charge in [0.25, 0.3) is 0 Å². The zero-order valence-corrected chi connectivity index (χ0v) is 29.7. The Kier molecular flexibility index (Phi) is 6.21. The molecule has 0 spiro atoms. The summed E-state index contributed by atoms with van der Waals surface area (Å²) in [7, 11) is 0. The third-order valence-electron chi connectivity index (χ3n) is 11.3.